The van der Waals surface area contributed by atoms with Crippen molar-refractivity contribution in [1.82, 2.24) is 4.31 Å². The minimum Gasteiger partial charge on any atom is -0.375 e. The molecule has 0 aliphatic carbocycles. The zero-order valence-corrected chi connectivity index (χ0v) is 15.9. The fraction of sp³-hybridized carbons (Fsp3) is 0.273. The van der Waals surface area contributed by atoms with Crippen molar-refractivity contribution in [2.75, 3.05) is 19.7 Å². The lowest BCUT2D eigenvalue weighted by Crippen LogP contribution is -2.45. The molecule has 1 aliphatic rings. The highest BCUT2D eigenvalue weighted by Gasteiger charge is 2.30. The van der Waals surface area contributed by atoms with E-state index in [2.05, 4.69) is 12.1 Å². The third kappa shape index (κ3) is 4.05. The van der Waals surface area contributed by atoms with Gasteiger partial charge >= 0.3 is 0 Å². The molecular weight excluding hydrogens is 358 g/mol. The van der Waals surface area contributed by atoms with E-state index in [1.807, 2.05) is 48.5 Å². The maximum Gasteiger partial charge on any atom is 0.243 e. The second-order valence-electron chi connectivity index (χ2n) is 6.89. The van der Waals surface area contributed by atoms with Gasteiger partial charge in [0, 0.05) is 13.1 Å². The van der Waals surface area contributed by atoms with Crippen LogP contribution in [0.1, 0.15) is 12.0 Å². The van der Waals surface area contributed by atoms with E-state index in [0.29, 0.717) is 24.6 Å². The topological polar surface area (TPSA) is 46.6 Å². The lowest BCUT2D eigenvalue weighted by atomic mass is 10.1. The first kappa shape index (κ1) is 18.2. The van der Waals surface area contributed by atoms with E-state index in [9.17, 15) is 8.42 Å². The summed E-state index contributed by atoms with van der Waals surface area (Å²) in [5, 5.41) is 1.98. The van der Waals surface area contributed by atoms with E-state index in [1.165, 1.54) is 5.56 Å². The summed E-state index contributed by atoms with van der Waals surface area (Å²) < 4.78 is 33.6. The number of fused-ring (bicyclic) bond motifs is 1. The van der Waals surface area contributed by atoms with Gasteiger partial charge in [0.2, 0.25) is 10.0 Å². The summed E-state index contributed by atoms with van der Waals surface area (Å²) in [4.78, 5) is 0.352. The molecule has 0 spiro atoms. The van der Waals surface area contributed by atoms with Crippen LogP contribution in [0.3, 0.4) is 0 Å². The van der Waals surface area contributed by atoms with Gasteiger partial charge in [-0.3, -0.25) is 0 Å². The number of nitrogens with zero attached hydrogens (tertiary/aromatic N) is 1. The van der Waals surface area contributed by atoms with Gasteiger partial charge in [0.15, 0.2) is 0 Å². The summed E-state index contributed by atoms with van der Waals surface area (Å²) in [7, 11) is -3.52. The van der Waals surface area contributed by atoms with E-state index in [4.69, 9.17) is 4.74 Å². The van der Waals surface area contributed by atoms with Crippen molar-refractivity contribution >= 4 is 20.8 Å². The molecule has 3 aromatic carbocycles. The SMILES string of the molecule is O=S(=O)(c1ccc2ccccc2c1)N1CCOC(CCc2ccccc2)C1. The Balaban J connectivity index is 1.49. The number of rotatable bonds is 5. The van der Waals surface area contributed by atoms with Gasteiger partial charge in [0.05, 0.1) is 17.6 Å². The van der Waals surface area contributed by atoms with Gasteiger partial charge in [-0.05, 0) is 41.3 Å². The predicted octanol–water partition coefficient (Wildman–Crippen LogP) is 3.86. The number of sulfonamides is 1. The summed E-state index contributed by atoms with van der Waals surface area (Å²) in [6.45, 7) is 1.24. The summed E-state index contributed by atoms with van der Waals surface area (Å²) in [6, 6.07) is 23.4. The van der Waals surface area contributed by atoms with Crippen LogP contribution < -0.4 is 0 Å². The van der Waals surface area contributed by atoms with Gasteiger partial charge in [-0.15, -0.1) is 0 Å². The Morgan fingerprint density at radius 2 is 1.67 bits per heavy atom. The Hall–Kier alpha value is -2.21. The van der Waals surface area contributed by atoms with Gasteiger partial charge in [0.1, 0.15) is 0 Å². The number of ether oxygens (including phenoxy) is 1. The number of hydrogen-bond acceptors (Lipinski definition) is 3. The van der Waals surface area contributed by atoms with Crippen molar-refractivity contribution in [2.24, 2.45) is 0 Å². The van der Waals surface area contributed by atoms with Crippen LogP contribution in [0.25, 0.3) is 10.8 Å². The summed E-state index contributed by atoms with van der Waals surface area (Å²) >= 11 is 0. The van der Waals surface area contributed by atoms with Crippen LogP contribution in [0.5, 0.6) is 0 Å². The molecule has 27 heavy (non-hydrogen) atoms. The van der Waals surface area contributed by atoms with Crippen LogP contribution in [-0.2, 0) is 21.2 Å². The molecule has 1 unspecified atom stereocenters. The Morgan fingerprint density at radius 1 is 0.926 bits per heavy atom. The first-order chi connectivity index (χ1) is 13.1. The first-order valence-electron chi connectivity index (χ1n) is 9.27. The summed E-state index contributed by atoms with van der Waals surface area (Å²) in [6.07, 6.45) is 1.62. The van der Waals surface area contributed by atoms with Crippen LogP contribution in [-0.4, -0.2) is 38.5 Å². The van der Waals surface area contributed by atoms with Gasteiger partial charge in [-0.25, -0.2) is 8.42 Å². The number of morpholine rings is 1. The molecule has 0 amide bonds. The molecule has 0 N–H and O–H groups in total. The van der Waals surface area contributed by atoms with E-state index in [-0.39, 0.29) is 6.10 Å². The minimum absolute atomic E-state index is 0.0748. The third-order valence-electron chi connectivity index (χ3n) is 5.06. The van der Waals surface area contributed by atoms with E-state index < -0.39 is 10.0 Å². The van der Waals surface area contributed by atoms with Crippen LogP contribution in [0, 0.1) is 0 Å². The van der Waals surface area contributed by atoms with Crippen LogP contribution in [0.2, 0.25) is 0 Å². The Kier molecular flexibility index (Phi) is 5.25. The van der Waals surface area contributed by atoms with Gasteiger partial charge in [-0.1, -0.05) is 60.7 Å². The lowest BCUT2D eigenvalue weighted by molar-refractivity contribution is -0.00526. The average Bonchev–Trinajstić information content (AvgIpc) is 2.73. The largest absolute Gasteiger partial charge is 0.375 e. The number of aryl methyl sites for hydroxylation is 1. The molecule has 1 heterocycles. The van der Waals surface area contributed by atoms with Gasteiger partial charge < -0.3 is 4.74 Å². The Morgan fingerprint density at radius 3 is 2.48 bits per heavy atom. The molecule has 0 radical (unpaired) electrons. The quantitative estimate of drug-likeness (QED) is 0.674. The van der Waals surface area contributed by atoms with Crippen molar-refractivity contribution in [1.29, 1.82) is 0 Å². The summed E-state index contributed by atoms with van der Waals surface area (Å²) in [5.41, 5.74) is 1.25. The van der Waals surface area contributed by atoms with Crippen molar-refractivity contribution in [3.63, 3.8) is 0 Å². The molecule has 4 nitrogen and oxygen atoms in total. The highest BCUT2D eigenvalue weighted by atomic mass is 32.2. The average molecular weight is 381 g/mol. The number of hydrogen-bond donors (Lipinski definition) is 0. The van der Waals surface area contributed by atoms with Crippen LogP contribution >= 0.6 is 0 Å². The first-order valence-corrected chi connectivity index (χ1v) is 10.7. The molecule has 4 rings (SSSR count). The van der Waals surface area contributed by atoms with Crippen molar-refractivity contribution in [3.05, 3.63) is 78.4 Å². The van der Waals surface area contributed by atoms with Crippen molar-refractivity contribution < 1.29 is 13.2 Å². The third-order valence-corrected chi connectivity index (χ3v) is 6.92. The van der Waals surface area contributed by atoms with Crippen molar-refractivity contribution in [3.8, 4) is 0 Å². The molecule has 140 valence electrons. The van der Waals surface area contributed by atoms with E-state index >= 15 is 0 Å². The van der Waals surface area contributed by atoms with Gasteiger partial charge in [0.25, 0.3) is 0 Å². The maximum atomic E-state index is 13.1. The molecule has 1 aliphatic heterocycles. The summed E-state index contributed by atoms with van der Waals surface area (Å²) in [5.74, 6) is 0. The standard InChI is InChI=1S/C22H23NO3S/c24-27(25,22-13-11-19-8-4-5-9-20(19)16-22)23-14-15-26-21(17-23)12-10-18-6-2-1-3-7-18/h1-9,11,13,16,21H,10,12,14-15,17H2. The molecule has 0 aromatic heterocycles. The Labute approximate surface area is 160 Å². The van der Waals surface area contributed by atoms with E-state index in [0.717, 1.165) is 23.6 Å². The molecule has 3 aromatic rings. The monoisotopic (exact) mass is 381 g/mol. The Bertz CT molecular complexity index is 1020. The molecule has 1 atom stereocenters. The molecule has 0 bridgehead atoms. The molecule has 0 saturated carbocycles. The second-order valence-corrected chi connectivity index (χ2v) is 8.83. The zero-order chi connectivity index (χ0) is 18.7. The van der Waals surface area contributed by atoms with Gasteiger partial charge in [-0.2, -0.15) is 4.31 Å². The smallest absolute Gasteiger partial charge is 0.243 e. The highest BCUT2D eigenvalue weighted by Crippen LogP contribution is 2.24. The number of benzene rings is 3. The van der Waals surface area contributed by atoms with Crippen LogP contribution in [0.15, 0.2) is 77.7 Å². The lowest BCUT2D eigenvalue weighted by Gasteiger charge is -2.32. The maximum absolute atomic E-state index is 13.1. The zero-order valence-electron chi connectivity index (χ0n) is 15.1. The highest BCUT2D eigenvalue weighted by molar-refractivity contribution is 7.89. The molecular formula is C22H23NO3S. The second kappa shape index (κ2) is 7.80. The van der Waals surface area contributed by atoms with E-state index in [1.54, 1.807) is 16.4 Å². The predicted molar refractivity (Wildman–Crippen MR) is 107 cm³/mol. The molecule has 1 saturated heterocycles. The van der Waals surface area contributed by atoms with Crippen molar-refractivity contribution in [2.45, 2.75) is 23.8 Å². The normalized spacial score (nSPS) is 18.6. The van der Waals surface area contributed by atoms with Crippen LogP contribution in [0.4, 0.5) is 0 Å². The fourth-order valence-corrected chi connectivity index (χ4v) is 5.03. The molecule has 1 fully saturated rings. The molecule has 5 heteroatoms. The minimum atomic E-state index is -3.52. The fourth-order valence-electron chi connectivity index (χ4n) is 3.53.